The zero-order valence-corrected chi connectivity index (χ0v) is 15.9. The van der Waals surface area contributed by atoms with Gasteiger partial charge in [-0.1, -0.05) is 6.42 Å². The third-order valence-corrected chi connectivity index (χ3v) is 6.35. The Bertz CT molecular complexity index is 714. The van der Waals surface area contributed by atoms with Crippen LogP contribution in [-0.4, -0.2) is 50.1 Å². The van der Waals surface area contributed by atoms with Gasteiger partial charge in [-0.15, -0.1) is 0 Å². The fourth-order valence-corrected chi connectivity index (χ4v) is 4.95. The molecule has 2 bridgehead atoms. The summed E-state index contributed by atoms with van der Waals surface area (Å²) in [5, 5.41) is 2.99. The summed E-state index contributed by atoms with van der Waals surface area (Å²) in [4.78, 5) is 27.1. The van der Waals surface area contributed by atoms with Crippen molar-refractivity contribution in [2.75, 3.05) is 38.7 Å². The molecule has 3 fully saturated rings. The van der Waals surface area contributed by atoms with Gasteiger partial charge in [-0.05, 0) is 55.2 Å². The molecule has 4 rings (SSSR count). The van der Waals surface area contributed by atoms with E-state index in [-0.39, 0.29) is 11.8 Å². The second-order valence-electron chi connectivity index (χ2n) is 8.01. The first-order chi connectivity index (χ1) is 13.1. The number of carbonyl (C=O) groups is 2. The van der Waals surface area contributed by atoms with E-state index >= 15 is 0 Å². The topological polar surface area (TPSA) is 67.9 Å². The Morgan fingerprint density at radius 2 is 2.04 bits per heavy atom. The molecule has 2 amide bonds. The molecular weight excluding hydrogens is 344 g/mol. The Hall–Kier alpha value is -2.08. The van der Waals surface area contributed by atoms with E-state index in [1.807, 2.05) is 0 Å². The summed E-state index contributed by atoms with van der Waals surface area (Å²) in [6.45, 7) is 2.32. The average Bonchev–Trinajstić information content (AvgIpc) is 3.31. The lowest BCUT2D eigenvalue weighted by atomic mass is 9.86. The largest absolute Gasteiger partial charge is 0.495 e. The first kappa shape index (κ1) is 18.3. The lowest BCUT2D eigenvalue weighted by Gasteiger charge is -2.27. The molecular formula is C21H28N2O4. The maximum Gasteiger partial charge on any atom is 0.254 e. The molecule has 3 aliphatic rings. The van der Waals surface area contributed by atoms with Crippen LogP contribution in [0.5, 0.6) is 5.75 Å². The summed E-state index contributed by atoms with van der Waals surface area (Å²) < 4.78 is 10.7. The van der Waals surface area contributed by atoms with Gasteiger partial charge < -0.3 is 19.7 Å². The summed E-state index contributed by atoms with van der Waals surface area (Å²) in [6.07, 6.45) is 5.65. The van der Waals surface area contributed by atoms with E-state index in [0.29, 0.717) is 55.6 Å². The van der Waals surface area contributed by atoms with Gasteiger partial charge in [0.25, 0.3) is 5.91 Å². The summed E-state index contributed by atoms with van der Waals surface area (Å²) >= 11 is 0. The van der Waals surface area contributed by atoms with Crippen LogP contribution in [0.2, 0.25) is 0 Å². The molecule has 6 nitrogen and oxygen atoms in total. The van der Waals surface area contributed by atoms with Gasteiger partial charge in [-0.25, -0.2) is 0 Å². The van der Waals surface area contributed by atoms with Gasteiger partial charge in [0, 0.05) is 25.1 Å². The molecule has 0 aromatic heterocycles. The number of nitrogens with one attached hydrogen (secondary N) is 1. The second-order valence-corrected chi connectivity index (χ2v) is 8.01. The van der Waals surface area contributed by atoms with E-state index in [1.54, 1.807) is 30.2 Å². The predicted molar refractivity (Wildman–Crippen MR) is 102 cm³/mol. The van der Waals surface area contributed by atoms with Crippen molar-refractivity contribution >= 4 is 17.5 Å². The molecule has 0 spiro atoms. The van der Waals surface area contributed by atoms with Crippen LogP contribution in [0.1, 0.15) is 42.5 Å². The number of morpholine rings is 1. The van der Waals surface area contributed by atoms with Crippen LogP contribution in [0.3, 0.4) is 0 Å². The Morgan fingerprint density at radius 1 is 1.22 bits per heavy atom. The third-order valence-electron chi connectivity index (χ3n) is 6.35. The quantitative estimate of drug-likeness (QED) is 0.863. The van der Waals surface area contributed by atoms with Crippen LogP contribution >= 0.6 is 0 Å². The van der Waals surface area contributed by atoms with E-state index in [1.165, 1.54) is 25.7 Å². The highest BCUT2D eigenvalue weighted by Crippen LogP contribution is 2.49. The summed E-state index contributed by atoms with van der Waals surface area (Å²) in [7, 11) is 1.57. The van der Waals surface area contributed by atoms with Crippen LogP contribution in [0.15, 0.2) is 18.2 Å². The standard InChI is InChI=1S/C21H28N2O4/c1-26-19-5-4-16(21(25)23-6-8-27-9-7-23)12-18(19)22-20(24)13-17-11-14-2-3-15(17)10-14/h4-5,12,14-15,17H,2-3,6-11,13H2,1H3,(H,22,24)/t14-,15-,17-/m0/s1. The monoisotopic (exact) mass is 372 g/mol. The molecule has 27 heavy (non-hydrogen) atoms. The number of anilines is 1. The number of methoxy groups -OCH3 is 1. The molecule has 2 saturated carbocycles. The van der Waals surface area contributed by atoms with Gasteiger partial charge in [-0.2, -0.15) is 0 Å². The highest BCUT2D eigenvalue weighted by molar-refractivity contribution is 5.98. The number of ether oxygens (including phenoxy) is 2. The van der Waals surface area contributed by atoms with Gasteiger partial charge in [0.05, 0.1) is 26.0 Å². The highest BCUT2D eigenvalue weighted by atomic mass is 16.5. The van der Waals surface area contributed by atoms with Gasteiger partial charge in [0.1, 0.15) is 5.75 Å². The predicted octanol–water partition coefficient (Wildman–Crippen LogP) is 2.93. The van der Waals surface area contributed by atoms with Crippen LogP contribution in [0, 0.1) is 17.8 Å². The van der Waals surface area contributed by atoms with E-state index < -0.39 is 0 Å². The van der Waals surface area contributed by atoms with E-state index in [0.717, 1.165) is 11.8 Å². The molecule has 146 valence electrons. The minimum atomic E-state index is -0.0374. The number of benzene rings is 1. The number of hydrogen-bond acceptors (Lipinski definition) is 4. The van der Waals surface area contributed by atoms with Crippen molar-refractivity contribution in [1.82, 2.24) is 4.90 Å². The van der Waals surface area contributed by atoms with Crippen LogP contribution < -0.4 is 10.1 Å². The number of hydrogen-bond donors (Lipinski definition) is 1. The lowest BCUT2D eigenvalue weighted by Crippen LogP contribution is -2.40. The smallest absolute Gasteiger partial charge is 0.254 e. The maximum absolute atomic E-state index is 12.7. The molecule has 2 aliphatic carbocycles. The molecule has 1 saturated heterocycles. The van der Waals surface area contributed by atoms with Crippen molar-refractivity contribution in [3.63, 3.8) is 0 Å². The molecule has 1 aliphatic heterocycles. The Labute approximate surface area is 160 Å². The first-order valence-corrected chi connectivity index (χ1v) is 9.99. The normalized spacial score (nSPS) is 26.9. The number of amides is 2. The van der Waals surface area contributed by atoms with Gasteiger partial charge in [-0.3, -0.25) is 9.59 Å². The van der Waals surface area contributed by atoms with E-state index in [4.69, 9.17) is 9.47 Å². The molecule has 1 heterocycles. The average molecular weight is 372 g/mol. The Balaban J connectivity index is 1.44. The van der Waals surface area contributed by atoms with Crippen molar-refractivity contribution in [1.29, 1.82) is 0 Å². The van der Waals surface area contributed by atoms with Crippen molar-refractivity contribution in [2.45, 2.75) is 32.1 Å². The zero-order chi connectivity index (χ0) is 18.8. The number of nitrogens with zero attached hydrogens (tertiary/aromatic N) is 1. The van der Waals surface area contributed by atoms with Crippen molar-refractivity contribution in [2.24, 2.45) is 17.8 Å². The molecule has 3 atom stereocenters. The zero-order valence-electron chi connectivity index (χ0n) is 15.9. The number of carbonyl (C=O) groups excluding carboxylic acids is 2. The van der Waals surface area contributed by atoms with Crippen LogP contribution in [0.4, 0.5) is 5.69 Å². The van der Waals surface area contributed by atoms with Crippen LogP contribution in [-0.2, 0) is 9.53 Å². The molecule has 0 unspecified atom stereocenters. The SMILES string of the molecule is COc1ccc(C(=O)N2CCOCC2)cc1NC(=O)C[C@@H]1C[C@H]2CC[C@H]1C2. The minimum Gasteiger partial charge on any atom is -0.495 e. The fourth-order valence-electron chi connectivity index (χ4n) is 4.95. The summed E-state index contributed by atoms with van der Waals surface area (Å²) in [5.41, 5.74) is 1.14. The summed E-state index contributed by atoms with van der Waals surface area (Å²) in [5.74, 6) is 2.61. The fraction of sp³-hybridized carbons (Fsp3) is 0.619. The molecule has 6 heteroatoms. The highest BCUT2D eigenvalue weighted by Gasteiger charge is 2.40. The number of rotatable bonds is 5. The Morgan fingerprint density at radius 3 is 2.70 bits per heavy atom. The van der Waals surface area contributed by atoms with E-state index in [9.17, 15) is 9.59 Å². The molecule has 0 radical (unpaired) electrons. The van der Waals surface area contributed by atoms with Gasteiger partial charge in [0.15, 0.2) is 0 Å². The van der Waals surface area contributed by atoms with Crippen LogP contribution in [0.25, 0.3) is 0 Å². The minimum absolute atomic E-state index is 0.0156. The maximum atomic E-state index is 12.7. The Kier molecular flexibility index (Phi) is 5.34. The second kappa shape index (κ2) is 7.89. The van der Waals surface area contributed by atoms with Crippen molar-refractivity contribution < 1.29 is 19.1 Å². The molecule has 1 aromatic carbocycles. The van der Waals surface area contributed by atoms with Gasteiger partial charge in [0.2, 0.25) is 5.91 Å². The lowest BCUT2D eigenvalue weighted by molar-refractivity contribution is -0.117. The van der Waals surface area contributed by atoms with Crippen molar-refractivity contribution in [3.8, 4) is 5.75 Å². The molecule has 1 N–H and O–H groups in total. The van der Waals surface area contributed by atoms with E-state index in [2.05, 4.69) is 5.32 Å². The molecule has 1 aromatic rings. The summed E-state index contributed by atoms with van der Waals surface area (Å²) in [6, 6.07) is 5.23. The van der Waals surface area contributed by atoms with Crippen molar-refractivity contribution in [3.05, 3.63) is 23.8 Å². The third kappa shape index (κ3) is 3.95. The van der Waals surface area contributed by atoms with Gasteiger partial charge >= 0.3 is 0 Å². The first-order valence-electron chi connectivity index (χ1n) is 9.99. The number of fused-ring (bicyclic) bond motifs is 2.